The molecule has 5 heteroatoms. The number of carbonyl (C=O) groups excluding carboxylic acids is 2. The first-order valence-electron chi connectivity index (χ1n) is 8.47. The fourth-order valence-corrected chi connectivity index (χ4v) is 3.66. The smallest absolute Gasteiger partial charge is 0.323 e. The van der Waals surface area contributed by atoms with Crippen LogP contribution in [0.4, 0.5) is 4.79 Å². The summed E-state index contributed by atoms with van der Waals surface area (Å²) in [5, 5.41) is 2.99. The van der Waals surface area contributed by atoms with E-state index in [9.17, 15) is 9.59 Å². The van der Waals surface area contributed by atoms with Crippen molar-refractivity contribution in [3.63, 3.8) is 0 Å². The number of rotatable bonds is 4. The third-order valence-corrected chi connectivity index (χ3v) is 4.88. The van der Waals surface area contributed by atoms with Crippen LogP contribution in [0.15, 0.2) is 30.3 Å². The van der Waals surface area contributed by atoms with Gasteiger partial charge in [-0.3, -0.25) is 9.69 Å². The van der Waals surface area contributed by atoms with Crippen LogP contribution in [-0.4, -0.2) is 41.0 Å². The Bertz CT molecular complexity index is 565. The minimum absolute atomic E-state index is 0.0377. The molecule has 0 atom stereocenters. The molecule has 1 aromatic rings. The Balaban J connectivity index is 1.65. The predicted octanol–water partition coefficient (Wildman–Crippen LogP) is 2.72. The van der Waals surface area contributed by atoms with Crippen LogP contribution in [0.5, 0.6) is 0 Å². The number of hydrogen-bond donors (Lipinski definition) is 1. The second-order valence-corrected chi connectivity index (χ2v) is 6.80. The fraction of sp³-hybridized carbons (Fsp3) is 0.556. The largest absolute Gasteiger partial charge is 0.326 e. The zero-order valence-corrected chi connectivity index (χ0v) is 13.8. The van der Waals surface area contributed by atoms with Crippen molar-refractivity contribution in [1.29, 1.82) is 0 Å². The molecular weight excluding hydrogens is 290 g/mol. The summed E-state index contributed by atoms with van der Waals surface area (Å²) in [6.07, 6.45) is 5.88. The summed E-state index contributed by atoms with van der Waals surface area (Å²) in [5.41, 5.74) is 0.535. The molecular formula is C18H25N3O2. The molecule has 2 fully saturated rings. The van der Waals surface area contributed by atoms with Crippen molar-refractivity contribution < 1.29 is 9.59 Å². The zero-order chi connectivity index (χ0) is 16.3. The SMILES string of the molecule is CN(Cc1ccccc1)CN1C(=O)NC2(CCCCCC2)C1=O. The van der Waals surface area contributed by atoms with E-state index < -0.39 is 5.54 Å². The van der Waals surface area contributed by atoms with Crippen LogP contribution in [-0.2, 0) is 11.3 Å². The highest BCUT2D eigenvalue weighted by Gasteiger charge is 2.50. The number of carbonyl (C=O) groups is 2. The van der Waals surface area contributed by atoms with E-state index >= 15 is 0 Å². The second-order valence-electron chi connectivity index (χ2n) is 6.80. The molecule has 1 aromatic carbocycles. The molecule has 2 aliphatic rings. The van der Waals surface area contributed by atoms with E-state index in [1.807, 2.05) is 30.1 Å². The summed E-state index contributed by atoms with van der Waals surface area (Å²) in [6, 6.07) is 9.84. The summed E-state index contributed by atoms with van der Waals surface area (Å²) < 4.78 is 0. The lowest BCUT2D eigenvalue weighted by atomic mass is 9.90. The van der Waals surface area contributed by atoms with Crippen molar-refractivity contribution in [2.24, 2.45) is 0 Å². The van der Waals surface area contributed by atoms with Gasteiger partial charge < -0.3 is 5.32 Å². The van der Waals surface area contributed by atoms with E-state index in [4.69, 9.17) is 0 Å². The van der Waals surface area contributed by atoms with Gasteiger partial charge in [-0.1, -0.05) is 56.0 Å². The van der Waals surface area contributed by atoms with Crippen LogP contribution in [0.1, 0.15) is 44.1 Å². The summed E-state index contributed by atoms with van der Waals surface area (Å²) in [5.74, 6) is -0.0377. The van der Waals surface area contributed by atoms with Crippen molar-refractivity contribution in [2.45, 2.75) is 50.6 Å². The molecule has 124 valence electrons. The zero-order valence-electron chi connectivity index (χ0n) is 13.8. The van der Waals surface area contributed by atoms with Crippen molar-refractivity contribution in [3.05, 3.63) is 35.9 Å². The summed E-state index contributed by atoms with van der Waals surface area (Å²) in [4.78, 5) is 28.6. The van der Waals surface area contributed by atoms with Gasteiger partial charge in [-0.2, -0.15) is 0 Å². The first-order chi connectivity index (χ1) is 11.1. The summed E-state index contributed by atoms with van der Waals surface area (Å²) in [6.45, 7) is 1.05. The average molecular weight is 315 g/mol. The molecule has 0 bridgehead atoms. The maximum Gasteiger partial charge on any atom is 0.326 e. The van der Waals surface area contributed by atoms with E-state index in [0.29, 0.717) is 13.2 Å². The molecule has 1 spiro atoms. The molecule has 3 amide bonds. The maximum atomic E-state index is 12.8. The number of benzene rings is 1. The number of imide groups is 1. The Hall–Kier alpha value is -1.88. The standard InChI is InChI=1S/C18H25N3O2/c1-20(13-15-9-5-4-6-10-15)14-21-16(22)18(19-17(21)23)11-7-2-3-8-12-18/h4-6,9-10H,2-3,7-8,11-14H2,1H3,(H,19,23). The van der Waals surface area contributed by atoms with E-state index in [1.54, 1.807) is 0 Å². The topological polar surface area (TPSA) is 52.6 Å². The van der Waals surface area contributed by atoms with Gasteiger partial charge in [0.1, 0.15) is 5.54 Å². The van der Waals surface area contributed by atoms with Crippen molar-refractivity contribution in [3.8, 4) is 0 Å². The van der Waals surface area contributed by atoms with E-state index in [1.165, 1.54) is 10.5 Å². The van der Waals surface area contributed by atoms with Crippen LogP contribution >= 0.6 is 0 Å². The monoisotopic (exact) mass is 315 g/mol. The molecule has 0 radical (unpaired) electrons. The highest BCUT2D eigenvalue weighted by Crippen LogP contribution is 2.32. The van der Waals surface area contributed by atoms with Crippen molar-refractivity contribution in [1.82, 2.24) is 15.1 Å². The summed E-state index contributed by atoms with van der Waals surface area (Å²) >= 11 is 0. The fourth-order valence-electron chi connectivity index (χ4n) is 3.66. The first kappa shape index (κ1) is 16.0. The van der Waals surface area contributed by atoms with Gasteiger partial charge >= 0.3 is 6.03 Å². The van der Waals surface area contributed by atoms with Crippen LogP contribution in [0, 0.1) is 0 Å². The first-order valence-corrected chi connectivity index (χ1v) is 8.47. The number of amides is 3. The lowest BCUT2D eigenvalue weighted by Crippen LogP contribution is -2.47. The minimum Gasteiger partial charge on any atom is -0.323 e. The van der Waals surface area contributed by atoms with Gasteiger partial charge in [0.25, 0.3) is 5.91 Å². The Morgan fingerprint density at radius 3 is 2.39 bits per heavy atom. The van der Waals surface area contributed by atoms with Gasteiger partial charge in [-0.25, -0.2) is 9.69 Å². The molecule has 1 heterocycles. The van der Waals surface area contributed by atoms with Gasteiger partial charge in [0.2, 0.25) is 0 Å². The number of urea groups is 1. The molecule has 1 saturated heterocycles. The van der Waals surface area contributed by atoms with Gasteiger partial charge in [-0.15, -0.1) is 0 Å². The van der Waals surface area contributed by atoms with Crippen LogP contribution in [0.2, 0.25) is 0 Å². The minimum atomic E-state index is -0.638. The molecule has 3 rings (SSSR count). The Morgan fingerprint density at radius 2 is 1.74 bits per heavy atom. The number of nitrogens with zero attached hydrogens (tertiary/aromatic N) is 2. The lowest BCUT2D eigenvalue weighted by Gasteiger charge is -2.26. The van der Waals surface area contributed by atoms with Gasteiger partial charge in [0.05, 0.1) is 6.67 Å². The molecule has 1 aliphatic carbocycles. The van der Waals surface area contributed by atoms with Crippen LogP contribution in [0.25, 0.3) is 0 Å². The van der Waals surface area contributed by atoms with Crippen molar-refractivity contribution in [2.75, 3.05) is 13.7 Å². The van der Waals surface area contributed by atoms with E-state index in [0.717, 1.165) is 38.5 Å². The van der Waals surface area contributed by atoms with Gasteiger partial charge in [0.15, 0.2) is 0 Å². The van der Waals surface area contributed by atoms with Crippen LogP contribution in [0.3, 0.4) is 0 Å². The third-order valence-electron chi connectivity index (χ3n) is 4.88. The normalized spacial score (nSPS) is 20.9. The maximum absolute atomic E-state index is 12.8. The average Bonchev–Trinajstić information content (AvgIpc) is 2.72. The Kier molecular flexibility index (Phi) is 4.66. The van der Waals surface area contributed by atoms with Gasteiger partial charge in [0, 0.05) is 6.54 Å². The van der Waals surface area contributed by atoms with Crippen molar-refractivity contribution >= 4 is 11.9 Å². The number of hydrogen-bond acceptors (Lipinski definition) is 3. The molecule has 1 saturated carbocycles. The number of nitrogens with one attached hydrogen (secondary N) is 1. The molecule has 5 nitrogen and oxygen atoms in total. The molecule has 0 unspecified atom stereocenters. The van der Waals surface area contributed by atoms with E-state index in [2.05, 4.69) is 17.4 Å². The highest BCUT2D eigenvalue weighted by molar-refractivity contribution is 6.07. The summed E-state index contributed by atoms with van der Waals surface area (Å²) in [7, 11) is 1.94. The highest BCUT2D eigenvalue weighted by atomic mass is 16.2. The molecule has 0 aromatic heterocycles. The molecule has 1 aliphatic heterocycles. The van der Waals surface area contributed by atoms with Gasteiger partial charge in [-0.05, 0) is 25.5 Å². The second kappa shape index (κ2) is 6.71. The molecule has 23 heavy (non-hydrogen) atoms. The van der Waals surface area contributed by atoms with Crippen LogP contribution < -0.4 is 5.32 Å². The Morgan fingerprint density at radius 1 is 1.09 bits per heavy atom. The quantitative estimate of drug-likeness (QED) is 0.869. The Labute approximate surface area is 137 Å². The predicted molar refractivity (Wildman–Crippen MR) is 88.6 cm³/mol. The molecule has 1 N–H and O–H groups in total. The lowest BCUT2D eigenvalue weighted by molar-refractivity contribution is -0.133. The third kappa shape index (κ3) is 3.39. The van der Waals surface area contributed by atoms with E-state index in [-0.39, 0.29) is 11.9 Å².